The van der Waals surface area contributed by atoms with Crippen LogP contribution in [0.15, 0.2) is 24.5 Å². The smallest absolute Gasteiger partial charge is 0.353 e. The second-order valence-electron chi connectivity index (χ2n) is 6.69. The van der Waals surface area contributed by atoms with Crippen LogP contribution in [0, 0.1) is 10.1 Å². The summed E-state index contributed by atoms with van der Waals surface area (Å²) in [4.78, 5) is 21.5. The fraction of sp³-hybridized carbons (Fsp3) is 0.444. The number of rotatable bonds is 6. The van der Waals surface area contributed by atoms with E-state index in [-0.39, 0.29) is 23.7 Å². The molecule has 2 atom stereocenters. The average molecular weight is 426 g/mol. The molecule has 1 saturated heterocycles. The van der Waals surface area contributed by atoms with E-state index in [9.17, 15) is 10.1 Å². The first-order valence-corrected chi connectivity index (χ1v) is 9.69. The van der Waals surface area contributed by atoms with Crippen molar-refractivity contribution in [3.05, 3.63) is 50.2 Å². The van der Waals surface area contributed by atoms with Gasteiger partial charge in [-0.1, -0.05) is 29.3 Å². The normalized spacial score (nSPS) is 19.5. The van der Waals surface area contributed by atoms with E-state index in [1.807, 2.05) is 18.7 Å². The van der Waals surface area contributed by atoms with E-state index in [1.54, 1.807) is 18.2 Å². The standard InChI is InChI=1S/C18H21Cl2N5O3/c1-11-8-24(9-12(2)28-11)18-16(25(26)27)17(22-10-23-18)21-7-6-13-14(19)4-3-5-15(13)20/h3-5,10-12H,6-9H2,1-2H3,(H,21,22,23). The largest absolute Gasteiger partial charge is 0.372 e. The number of nitrogens with zero attached hydrogens (tertiary/aromatic N) is 4. The summed E-state index contributed by atoms with van der Waals surface area (Å²) in [5.74, 6) is 0.463. The van der Waals surface area contributed by atoms with Crippen LogP contribution in [0.2, 0.25) is 10.0 Å². The molecule has 2 aromatic rings. The first kappa shape index (κ1) is 20.6. The van der Waals surface area contributed by atoms with Crippen molar-refractivity contribution in [1.82, 2.24) is 9.97 Å². The lowest BCUT2D eigenvalue weighted by molar-refractivity contribution is -0.383. The molecule has 1 N–H and O–H groups in total. The van der Waals surface area contributed by atoms with Gasteiger partial charge in [0.1, 0.15) is 6.33 Å². The van der Waals surface area contributed by atoms with Crippen molar-refractivity contribution in [3.8, 4) is 0 Å². The predicted octanol–water partition coefficient (Wildman–Crippen LogP) is 3.96. The zero-order valence-electron chi connectivity index (χ0n) is 15.6. The van der Waals surface area contributed by atoms with Crippen molar-refractivity contribution in [3.63, 3.8) is 0 Å². The Bertz CT molecular complexity index is 837. The fourth-order valence-electron chi connectivity index (χ4n) is 3.33. The number of hydrogen-bond donors (Lipinski definition) is 1. The van der Waals surface area contributed by atoms with Crippen LogP contribution in [-0.2, 0) is 11.2 Å². The molecular weight excluding hydrogens is 405 g/mol. The highest BCUT2D eigenvalue weighted by molar-refractivity contribution is 6.36. The van der Waals surface area contributed by atoms with Gasteiger partial charge >= 0.3 is 5.69 Å². The highest BCUT2D eigenvalue weighted by atomic mass is 35.5. The number of morpholine rings is 1. The molecule has 1 fully saturated rings. The van der Waals surface area contributed by atoms with Crippen LogP contribution in [0.1, 0.15) is 19.4 Å². The third kappa shape index (κ3) is 4.63. The molecular formula is C18H21Cl2N5O3. The van der Waals surface area contributed by atoms with E-state index in [0.29, 0.717) is 41.9 Å². The van der Waals surface area contributed by atoms with Crippen molar-refractivity contribution < 1.29 is 9.66 Å². The summed E-state index contributed by atoms with van der Waals surface area (Å²) in [6.45, 7) is 5.30. The lowest BCUT2D eigenvalue weighted by Gasteiger charge is -2.35. The SMILES string of the molecule is CC1CN(c2ncnc(NCCc3c(Cl)cccc3Cl)c2[N+](=O)[O-])CC(C)O1. The molecule has 28 heavy (non-hydrogen) atoms. The Kier molecular flexibility index (Phi) is 6.53. The van der Waals surface area contributed by atoms with Gasteiger partial charge in [-0.25, -0.2) is 9.97 Å². The summed E-state index contributed by atoms with van der Waals surface area (Å²) < 4.78 is 5.71. The lowest BCUT2D eigenvalue weighted by atomic mass is 10.1. The van der Waals surface area contributed by atoms with E-state index >= 15 is 0 Å². The van der Waals surface area contributed by atoms with Gasteiger partial charge in [-0.05, 0) is 38.0 Å². The summed E-state index contributed by atoms with van der Waals surface area (Å²) in [5.41, 5.74) is 0.639. The summed E-state index contributed by atoms with van der Waals surface area (Å²) in [7, 11) is 0. The van der Waals surface area contributed by atoms with Gasteiger partial charge in [-0.15, -0.1) is 0 Å². The van der Waals surface area contributed by atoms with E-state index in [2.05, 4.69) is 15.3 Å². The average Bonchev–Trinajstić information content (AvgIpc) is 2.63. The summed E-state index contributed by atoms with van der Waals surface area (Å²) in [5, 5.41) is 15.9. The molecule has 0 aliphatic carbocycles. The van der Waals surface area contributed by atoms with Crippen molar-refractivity contribution in [2.45, 2.75) is 32.5 Å². The zero-order valence-corrected chi connectivity index (χ0v) is 17.1. The molecule has 2 unspecified atom stereocenters. The van der Waals surface area contributed by atoms with Crippen molar-refractivity contribution in [2.24, 2.45) is 0 Å². The van der Waals surface area contributed by atoms with E-state index in [0.717, 1.165) is 5.56 Å². The van der Waals surface area contributed by atoms with E-state index < -0.39 is 4.92 Å². The summed E-state index contributed by atoms with van der Waals surface area (Å²) in [6.07, 6.45) is 1.74. The van der Waals surface area contributed by atoms with Crippen LogP contribution in [0.5, 0.6) is 0 Å². The van der Waals surface area contributed by atoms with Crippen molar-refractivity contribution in [2.75, 3.05) is 29.9 Å². The molecule has 1 aliphatic rings. The maximum atomic E-state index is 11.8. The van der Waals surface area contributed by atoms with E-state index in [4.69, 9.17) is 27.9 Å². The number of halogens is 2. The van der Waals surface area contributed by atoms with Crippen LogP contribution >= 0.6 is 23.2 Å². The van der Waals surface area contributed by atoms with Gasteiger partial charge in [0.15, 0.2) is 0 Å². The fourth-order valence-corrected chi connectivity index (χ4v) is 3.91. The van der Waals surface area contributed by atoms with E-state index in [1.165, 1.54) is 6.33 Å². The second kappa shape index (κ2) is 8.89. The number of benzene rings is 1. The number of anilines is 2. The Morgan fingerprint density at radius 2 is 1.89 bits per heavy atom. The molecule has 0 spiro atoms. The van der Waals surface area contributed by atoms with Gasteiger partial charge in [0.25, 0.3) is 0 Å². The quantitative estimate of drug-likeness (QED) is 0.552. The van der Waals surface area contributed by atoms with Gasteiger partial charge in [-0.2, -0.15) is 0 Å². The molecule has 0 amide bonds. The Labute approximate surface area is 173 Å². The van der Waals surface area contributed by atoms with Crippen LogP contribution in [0.25, 0.3) is 0 Å². The number of nitrogens with one attached hydrogen (secondary N) is 1. The van der Waals surface area contributed by atoms with Crippen LogP contribution in [0.3, 0.4) is 0 Å². The third-order valence-corrected chi connectivity index (χ3v) is 5.14. The first-order valence-electron chi connectivity index (χ1n) is 8.93. The summed E-state index contributed by atoms with van der Waals surface area (Å²) in [6, 6.07) is 5.29. The molecule has 2 heterocycles. The molecule has 1 aromatic carbocycles. The molecule has 1 aromatic heterocycles. The minimum absolute atomic E-state index is 0.0444. The molecule has 0 bridgehead atoms. The number of nitro groups is 1. The molecule has 10 heteroatoms. The first-order chi connectivity index (χ1) is 13.4. The molecule has 1 aliphatic heterocycles. The molecule has 3 rings (SSSR count). The van der Waals surface area contributed by atoms with Gasteiger partial charge in [0, 0.05) is 29.7 Å². The topological polar surface area (TPSA) is 93.4 Å². The van der Waals surface area contributed by atoms with Gasteiger partial charge in [-0.3, -0.25) is 10.1 Å². The minimum Gasteiger partial charge on any atom is -0.372 e. The highest BCUT2D eigenvalue weighted by Crippen LogP contribution is 2.33. The Balaban J connectivity index is 1.80. The highest BCUT2D eigenvalue weighted by Gasteiger charge is 2.31. The zero-order chi connectivity index (χ0) is 20.3. The molecule has 0 radical (unpaired) electrons. The minimum atomic E-state index is -0.453. The Morgan fingerprint density at radius 3 is 2.50 bits per heavy atom. The maximum absolute atomic E-state index is 11.8. The lowest BCUT2D eigenvalue weighted by Crippen LogP contribution is -2.46. The number of hydrogen-bond acceptors (Lipinski definition) is 7. The molecule has 0 saturated carbocycles. The van der Waals surface area contributed by atoms with Crippen LogP contribution in [-0.4, -0.2) is 46.7 Å². The number of ether oxygens (including phenoxy) is 1. The third-order valence-electron chi connectivity index (χ3n) is 4.43. The molecule has 8 nitrogen and oxygen atoms in total. The molecule has 150 valence electrons. The van der Waals surface area contributed by atoms with Crippen LogP contribution < -0.4 is 10.2 Å². The maximum Gasteiger partial charge on any atom is 0.353 e. The van der Waals surface area contributed by atoms with Gasteiger partial charge in [0.05, 0.1) is 17.1 Å². The second-order valence-corrected chi connectivity index (χ2v) is 7.51. The van der Waals surface area contributed by atoms with Gasteiger partial charge in [0.2, 0.25) is 11.6 Å². The van der Waals surface area contributed by atoms with Crippen molar-refractivity contribution >= 4 is 40.5 Å². The van der Waals surface area contributed by atoms with Gasteiger partial charge < -0.3 is 15.0 Å². The number of aromatic nitrogens is 2. The predicted molar refractivity (Wildman–Crippen MR) is 110 cm³/mol. The monoisotopic (exact) mass is 425 g/mol. The van der Waals surface area contributed by atoms with Crippen LogP contribution in [0.4, 0.5) is 17.3 Å². The Morgan fingerprint density at radius 1 is 1.25 bits per heavy atom. The Hall–Kier alpha value is -2.16. The van der Waals surface area contributed by atoms with Crippen molar-refractivity contribution in [1.29, 1.82) is 0 Å². The summed E-state index contributed by atoms with van der Waals surface area (Å²) >= 11 is 12.4.